The third kappa shape index (κ3) is 3.73. The van der Waals surface area contributed by atoms with Gasteiger partial charge >= 0.3 is 5.97 Å². The first kappa shape index (κ1) is 19.2. The molecule has 142 valence electrons. The number of carbonyl (C=O) groups excluding carboxylic acids is 1. The minimum atomic E-state index is -0.619. The van der Waals surface area contributed by atoms with Crippen molar-refractivity contribution >= 4 is 59.2 Å². The second kappa shape index (κ2) is 8.09. The summed E-state index contributed by atoms with van der Waals surface area (Å²) in [5.41, 5.74) is 0. The number of thiophene rings is 1. The van der Waals surface area contributed by atoms with Crippen molar-refractivity contribution in [1.82, 2.24) is 0 Å². The van der Waals surface area contributed by atoms with Crippen molar-refractivity contribution in [3.05, 3.63) is 72.8 Å². The zero-order valence-corrected chi connectivity index (χ0v) is 18.6. The second-order valence-corrected chi connectivity index (χ2v) is 10.3. The SMILES string of the molecule is CC(OC(=O)C(C)I)Oc1ccc(-[s+]2c3ccccc3c3ccccc32)cc1. The topological polar surface area (TPSA) is 35.5 Å². The van der Waals surface area contributed by atoms with Crippen molar-refractivity contribution in [2.24, 2.45) is 0 Å². The van der Waals surface area contributed by atoms with Gasteiger partial charge < -0.3 is 9.47 Å². The van der Waals surface area contributed by atoms with Gasteiger partial charge in [0, 0.05) is 40.3 Å². The number of benzene rings is 3. The summed E-state index contributed by atoms with van der Waals surface area (Å²) in [5.74, 6) is 0.417. The largest absolute Gasteiger partial charge is 0.455 e. The molecule has 1 heterocycles. The van der Waals surface area contributed by atoms with Gasteiger partial charge in [0.2, 0.25) is 6.29 Å². The van der Waals surface area contributed by atoms with Crippen LogP contribution in [0, 0.1) is 0 Å². The molecule has 0 spiro atoms. The summed E-state index contributed by atoms with van der Waals surface area (Å²) in [6.45, 7) is 3.53. The van der Waals surface area contributed by atoms with Gasteiger partial charge in [0.05, 0.1) is 0 Å². The summed E-state index contributed by atoms with van der Waals surface area (Å²) in [7, 11) is -0.119. The minimum Gasteiger partial charge on any atom is -0.455 e. The lowest BCUT2D eigenvalue weighted by atomic mass is 10.2. The smallest absolute Gasteiger partial charge is 0.321 e. The number of alkyl halides is 1. The molecule has 0 fully saturated rings. The number of rotatable bonds is 5. The molecule has 0 bridgehead atoms. The molecule has 28 heavy (non-hydrogen) atoms. The van der Waals surface area contributed by atoms with Crippen LogP contribution in [0.25, 0.3) is 25.1 Å². The number of ether oxygens (including phenoxy) is 2. The molecule has 2 unspecified atom stereocenters. The van der Waals surface area contributed by atoms with Crippen LogP contribution in [-0.4, -0.2) is 16.2 Å². The van der Waals surface area contributed by atoms with Crippen LogP contribution in [0.3, 0.4) is 0 Å². The highest BCUT2D eigenvalue weighted by atomic mass is 127. The highest BCUT2D eigenvalue weighted by Gasteiger charge is 2.23. The predicted molar refractivity (Wildman–Crippen MR) is 125 cm³/mol. The Labute approximate surface area is 180 Å². The molecular weight excluding hydrogens is 483 g/mol. The van der Waals surface area contributed by atoms with Gasteiger partial charge in [0.25, 0.3) is 0 Å². The molecule has 0 aliphatic rings. The molecule has 1 aromatic heterocycles. The van der Waals surface area contributed by atoms with Gasteiger partial charge in [-0.2, -0.15) is 0 Å². The lowest BCUT2D eigenvalue weighted by Gasteiger charge is -2.16. The van der Waals surface area contributed by atoms with E-state index in [1.165, 1.54) is 25.1 Å². The molecule has 4 aromatic rings. The maximum atomic E-state index is 11.7. The van der Waals surface area contributed by atoms with Crippen LogP contribution in [0.2, 0.25) is 0 Å². The van der Waals surface area contributed by atoms with Crippen LogP contribution in [0.1, 0.15) is 13.8 Å². The molecule has 0 aliphatic carbocycles. The van der Waals surface area contributed by atoms with E-state index in [0.717, 1.165) is 0 Å². The Bertz CT molecular complexity index is 1080. The first-order chi connectivity index (χ1) is 13.5. The van der Waals surface area contributed by atoms with E-state index in [1.807, 2.05) is 34.7 Å². The highest BCUT2D eigenvalue weighted by Crippen LogP contribution is 2.48. The molecule has 5 heteroatoms. The average molecular weight is 503 g/mol. The third-order valence-electron chi connectivity index (χ3n) is 4.47. The summed E-state index contributed by atoms with van der Waals surface area (Å²) in [5, 5.41) is 2.63. The van der Waals surface area contributed by atoms with E-state index in [1.54, 1.807) is 13.8 Å². The Hall–Kier alpha value is -2.12. The third-order valence-corrected chi connectivity index (χ3v) is 7.32. The van der Waals surface area contributed by atoms with Crippen molar-refractivity contribution in [3.63, 3.8) is 0 Å². The van der Waals surface area contributed by atoms with Gasteiger partial charge in [-0.1, -0.05) is 46.9 Å². The normalized spacial score (nSPS) is 13.4. The second-order valence-electron chi connectivity index (χ2n) is 6.51. The van der Waals surface area contributed by atoms with Crippen molar-refractivity contribution in [3.8, 4) is 10.6 Å². The molecule has 0 saturated carbocycles. The fraction of sp³-hybridized carbons (Fsp3) is 0.174. The Morgan fingerprint density at radius 2 is 1.39 bits per heavy atom. The Morgan fingerprint density at radius 3 is 1.93 bits per heavy atom. The van der Waals surface area contributed by atoms with E-state index < -0.39 is 6.29 Å². The van der Waals surface area contributed by atoms with E-state index in [2.05, 4.69) is 60.7 Å². The number of halogens is 1. The molecule has 0 saturated heterocycles. The van der Waals surface area contributed by atoms with Crippen LogP contribution in [0.15, 0.2) is 72.8 Å². The standard InChI is InChI=1S/C23H20IO3S/c1-15(24)23(25)27-16(2)26-17-11-13-18(14-12-17)28-21-9-5-3-7-19(21)20-8-4-6-10-22(20)28/h3-16H,1-2H3/q+1. The van der Waals surface area contributed by atoms with Gasteiger partial charge in [0.15, 0.2) is 14.3 Å². The fourth-order valence-corrected chi connectivity index (χ4v) is 5.76. The average Bonchev–Trinajstić information content (AvgIpc) is 3.03. The Balaban J connectivity index is 1.65. The molecule has 0 radical (unpaired) electrons. The van der Waals surface area contributed by atoms with E-state index in [9.17, 15) is 4.79 Å². The summed E-state index contributed by atoms with van der Waals surface area (Å²) in [4.78, 5) is 12.9. The number of fused-ring (bicyclic) bond motifs is 3. The maximum Gasteiger partial charge on any atom is 0.321 e. The van der Waals surface area contributed by atoms with Crippen molar-refractivity contribution in [2.45, 2.75) is 24.1 Å². The van der Waals surface area contributed by atoms with Crippen molar-refractivity contribution in [2.75, 3.05) is 0 Å². The van der Waals surface area contributed by atoms with Crippen LogP contribution in [0.5, 0.6) is 5.75 Å². The minimum absolute atomic E-state index is 0.119. The maximum absolute atomic E-state index is 11.7. The monoisotopic (exact) mass is 503 g/mol. The van der Waals surface area contributed by atoms with Crippen LogP contribution in [0.4, 0.5) is 0 Å². The highest BCUT2D eigenvalue weighted by molar-refractivity contribution is 14.1. The van der Waals surface area contributed by atoms with Gasteiger partial charge in [-0.15, -0.1) is 0 Å². The van der Waals surface area contributed by atoms with Crippen molar-refractivity contribution in [1.29, 1.82) is 0 Å². The quantitative estimate of drug-likeness (QED) is 0.0986. The lowest BCUT2D eigenvalue weighted by molar-refractivity contribution is -0.159. The Kier molecular flexibility index (Phi) is 5.55. The Morgan fingerprint density at radius 1 is 0.857 bits per heavy atom. The number of carbonyl (C=O) groups is 1. The number of hydrogen-bond acceptors (Lipinski definition) is 3. The molecule has 3 nitrogen and oxygen atoms in total. The van der Waals surface area contributed by atoms with Crippen LogP contribution >= 0.6 is 33.1 Å². The van der Waals surface area contributed by atoms with Gasteiger partial charge in [-0.05, 0) is 43.3 Å². The summed E-state index contributed by atoms with van der Waals surface area (Å²) < 4.78 is 13.5. The number of esters is 1. The van der Waals surface area contributed by atoms with Gasteiger partial charge in [-0.3, -0.25) is 4.79 Å². The first-order valence-corrected chi connectivity index (χ1v) is 11.6. The van der Waals surface area contributed by atoms with Crippen LogP contribution in [-0.2, 0) is 9.53 Å². The van der Waals surface area contributed by atoms with E-state index in [0.29, 0.717) is 5.75 Å². The molecular formula is C23H20IO3S+. The molecule has 0 N–H and O–H groups in total. The first-order valence-electron chi connectivity index (χ1n) is 9.08. The molecule has 3 aromatic carbocycles. The summed E-state index contributed by atoms with van der Waals surface area (Å²) >= 11 is 2.03. The predicted octanol–water partition coefficient (Wildman–Crippen LogP) is 6.82. The van der Waals surface area contributed by atoms with Crippen molar-refractivity contribution < 1.29 is 14.3 Å². The van der Waals surface area contributed by atoms with E-state index >= 15 is 0 Å². The van der Waals surface area contributed by atoms with Crippen LogP contribution < -0.4 is 4.74 Å². The van der Waals surface area contributed by atoms with Gasteiger partial charge in [0.1, 0.15) is 9.67 Å². The molecule has 0 aliphatic heterocycles. The van der Waals surface area contributed by atoms with Gasteiger partial charge in [-0.25, -0.2) is 0 Å². The summed E-state index contributed by atoms with van der Waals surface area (Å²) in [6.07, 6.45) is -0.619. The number of hydrogen-bond donors (Lipinski definition) is 0. The fourth-order valence-electron chi connectivity index (χ4n) is 3.23. The van der Waals surface area contributed by atoms with E-state index in [-0.39, 0.29) is 20.4 Å². The zero-order valence-electron chi connectivity index (χ0n) is 15.6. The molecule has 0 amide bonds. The lowest BCUT2D eigenvalue weighted by Crippen LogP contribution is -2.24. The van der Waals surface area contributed by atoms with E-state index in [4.69, 9.17) is 9.47 Å². The molecule has 4 rings (SSSR count). The summed E-state index contributed by atoms with van der Waals surface area (Å²) in [6, 6.07) is 25.3. The molecule has 2 atom stereocenters. The zero-order chi connectivity index (χ0) is 19.7.